The van der Waals surface area contributed by atoms with Crippen molar-refractivity contribution >= 4 is 11.1 Å². The van der Waals surface area contributed by atoms with Crippen LogP contribution in [0.2, 0.25) is 0 Å². The third-order valence-corrected chi connectivity index (χ3v) is 4.48. The highest BCUT2D eigenvalue weighted by Gasteiger charge is 2.18. The number of imidazole rings is 2. The van der Waals surface area contributed by atoms with Gasteiger partial charge in [-0.3, -0.25) is 0 Å². The third kappa shape index (κ3) is 2.11. The van der Waals surface area contributed by atoms with Crippen LogP contribution in [0.3, 0.4) is 0 Å². The molecule has 0 atom stereocenters. The second kappa shape index (κ2) is 5.24. The van der Waals surface area contributed by atoms with Gasteiger partial charge in [-0.1, -0.05) is 24.3 Å². The molecule has 5 rings (SSSR count). The third-order valence-electron chi connectivity index (χ3n) is 4.48. The topological polar surface area (TPSA) is 75.4 Å². The summed E-state index contributed by atoms with van der Waals surface area (Å²) in [6.07, 6.45) is 10.9. The van der Waals surface area contributed by atoms with Crippen molar-refractivity contribution in [3.05, 3.63) is 61.8 Å². The van der Waals surface area contributed by atoms with Gasteiger partial charge in [-0.25, -0.2) is 9.97 Å². The number of nitrogens with zero attached hydrogens (tertiary/aromatic N) is 3. The molecule has 4 aromatic heterocycles. The van der Waals surface area contributed by atoms with Crippen LogP contribution in [0.25, 0.3) is 44.7 Å². The van der Waals surface area contributed by atoms with Gasteiger partial charge in [-0.05, 0) is 11.1 Å². The van der Waals surface area contributed by atoms with Crippen molar-refractivity contribution in [2.45, 2.75) is 0 Å². The minimum Gasteiger partial charge on any atom is -0.461 e. The summed E-state index contributed by atoms with van der Waals surface area (Å²) in [6, 6.07) is 8.37. The van der Waals surface area contributed by atoms with E-state index in [4.69, 9.17) is 4.42 Å². The van der Waals surface area contributed by atoms with Crippen LogP contribution in [0.1, 0.15) is 0 Å². The molecule has 0 aliphatic heterocycles. The first-order valence-corrected chi connectivity index (χ1v) is 7.96. The molecule has 0 saturated heterocycles. The number of aryl methyl sites for hydroxylation is 1. The molecule has 6 heteroatoms. The van der Waals surface area contributed by atoms with E-state index in [1.807, 2.05) is 13.2 Å². The molecular formula is C19H15N5O. The summed E-state index contributed by atoms with van der Waals surface area (Å²) < 4.78 is 7.99. The zero-order chi connectivity index (χ0) is 16.8. The maximum absolute atomic E-state index is 5.90. The molecule has 0 aliphatic rings. The smallest absolute Gasteiger partial charge is 0.160 e. The van der Waals surface area contributed by atoms with Crippen molar-refractivity contribution < 1.29 is 4.42 Å². The Morgan fingerprint density at radius 2 is 1.56 bits per heavy atom. The van der Waals surface area contributed by atoms with Crippen LogP contribution in [-0.2, 0) is 7.05 Å². The van der Waals surface area contributed by atoms with Crippen molar-refractivity contribution in [1.29, 1.82) is 0 Å². The van der Waals surface area contributed by atoms with Gasteiger partial charge in [0.1, 0.15) is 6.26 Å². The molecule has 25 heavy (non-hydrogen) atoms. The van der Waals surface area contributed by atoms with Gasteiger partial charge in [0.15, 0.2) is 5.58 Å². The van der Waals surface area contributed by atoms with Crippen LogP contribution in [0.4, 0.5) is 0 Å². The molecule has 0 unspecified atom stereocenters. The lowest BCUT2D eigenvalue weighted by molar-refractivity contribution is 0.618. The molecule has 0 saturated carbocycles. The van der Waals surface area contributed by atoms with Crippen molar-refractivity contribution in [3.63, 3.8) is 0 Å². The van der Waals surface area contributed by atoms with Crippen LogP contribution < -0.4 is 0 Å². The van der Waals surface area contributed by atoms with Gasteiger partial charge in [-0.2, -0.15) is 0 Å². The van der Waals surface area contributed by atoms with Crippen molar-refractivity contribution in [2.24, 2.45) is 7.05 Å². The van der Waals surface area contributed by atoms with E-state index in [0.717, 1.165) is 44.7 Å². The Kier molecular flexibility index (Phi) is 2.90. The molecule has 1 aromatic carbocycles. The van der Waals surface area contributed by atoms with Gasteiger partial charge in [0, 0.05) is 18.8 Å². The van der Waals surface area contributed by atoms with E-state index in [9.17, 15) is 0 Å². The maximum atomic E-state index is 5.90. The van der Waals surface area contributed by atoms with Crippen LogP contribution in [0, 0.1) is 0 Å². The Morgan fingerprint density at radius 1 is 0.880 bits per heavy atom. The molecule has 122 valence electrons. The second-order valence-corrected chi connectivity index (χ2v) is 5.99. The maximum Gasteiger partial charge on any atom is 0.160 e. The minimum absolute atomic E-state index is 0.876. The quantitative estimate of drug-likeness (QED) is 0.520. The predicted octanol–water partition coefficient (Wildman–Crippen LogP) is 4.22. The molecule has 0 aliphatic carbocycles. The summed E-state index contributed by atoms with van der Waals surface area (Å²) in [5.74, 6) is 0. The fraction of sp³-hybridized carbons (Fsp3) is 0.0526. The highest BCUT2D eigenvalue weighted by molar-refractivity contribution is 5.99. The Hall–Kier alpha value is -3.54. The fourth-order valence-electron chi connectivity index (χ4n) is 3.25. The number of benzene rings is 1. The lowest BCUT2D eigenvalue weighted by Crippen LogP contribution is -1.85. The average molecular weight is 329 g/mol. The van der Waals surface area contributed by atoms with Crippen LogP contribution in [0.5, 0.6) is 0 Å². The largest absolute Gasteiger partial charge is 0.461 e. The van der Waals surface area contributed by atoms with Gasteiger partial charge in [0.05, 0.1) is 47.5 Å². The highest BCUT2D eigenvalue weighted by Crippen LogP contribution is 2.37. The molecular weight excluding hydrogens is 314 g/mol. The summed E-state index contributed by atoms with van der Waals surface area (Å²) in [7, 11) is 2.03. The van der Waals surface area contributed by atoms with Crippen molar-refractivity contribution in [3.8, 4) is 33.6 Å². The lowest BCUT2D eigenvalue weighted by Gasteiger charge is -2.01. The number of hydrogen-bond donors (Lipinski definition) is 2. The molecule has 0 fully saturated rings. The van der Waals surface area contributed by atoms with Crippen molar-refractivity contribution in [1.82, 2.24) is 24.5 Å². The number of nitrogens with one attached hydrogen (secondary N) is 2. The van der Waals surface area contributed by atoms with E-state index in [0.29, 0.717) is 0 Å². The average Bonchev–Trinajstić information content (AvgIpc) is 3.42. The number of hydrogen-bond acceptors (Lipinski definition) is 3. The summed E-state index contributed by atoms with van der Waals surface area (Å²) in [5.41, 5.74) is 8.17. The van der Waals surface area contributed by atoms with E-state index < -0.39 is 0 Å². The Morgan fingerprint density at radius 3 is 2.24 bits per heavy atom. The number of H-pyrrole nitrogens is 2. The van der Waals surface area contributed by atoms with Gasteiger partial charge in [0.25, 0.3) is 0 Å². The van der Waals surface area contributed by atoms with Gasteiger partial charge in [0.2, 0.25) is 0 Å². The van der Waals surface area contributed by atoms with Crippen LogP contribution in [0.15, 0.2) is 66.2 Å². The number of aromatic amines is 2. The molecule has 0 bridgehead atoms. The van der Waals surface area contributed by atoms with E-state index in [2.05, 4.69) is 55.0 Å². The van der Waals surface area contributed by atoms with E-state index in [1.165, 1.54) is 0 Å². The molecule has 2 N–H and O–H groups in total. The summed E-state index contributed by atoms with van der Waals surface area (Å²) in [4.78, 5) is 14.4. The van der Waals surface area contributed by atoms with E-state index in [1.54, 1.807) is 25.1 Å². The second-order valence-electron chi connectivity index (χ2n) is 5.99. The first-order valence-electron chi connectivity index (χ1n) is 7.96. The highest BCUT2D eigenvalue weighted by atomic mass is 16.3. The summed E-state index contributed by atoms with van der Waals surface area (Å²) in [6.45, 7) is 0. The summed E-state index contributed by atoms with van der Waals surface area (Å²) >= 11 is 0. The lowest BCUT2D eigenvalue weighted by atomic mass is 10.0. The van der Waals surface area contributed by atoms with Gasteiger partial charge >= 0.3 is 0 Å². The standard InChI is InChI=1S/C19H15N5O/c1-24-8-14(12-2-4-13(5-3-12)16-6-20-10-22-16)19-18(24)15(9-25-19)17-7-21-11-23-17/h2-11H,1H3,(H,20,22)(H,21,23). The number of fused-ring (bicyclic) bond motifs is 1. The van der Waals surface area contributed by atoms with Crippen LogP contribution in [-0.4, -0.2) is 24.5 Å². The van der Waals surface area contributed by atoms with Gasteiger partial charge in [-0.15, -0.1) is 0 Å². The van der Waals surface area contributed by atoms with Crippen LogP contribution >= 0.6 is 0 Å². The number of aromatic nitrogens is 5. The Balaban J connectivity index is 1.62. The molecule has 6 nitrogen and oxygen atoms in total. The Labute approximate surface area is 143 Å². The molecule has 0 amide bonds. The zero-order valence-corrected chi connectivity index (χ0v) is 13.5. The molecule has 0 spiro atoms. The predicted molar refractivity (Wildman–Crippen MR) is 95.8 cm³/mol. The molecule has 5 aromatic rings. The summed E-state index contributed by atoms with van der Waals surface area (Å²) in [5, 5.41) is 0. The Bertz CT molecular complexity index is 1130. The fourth-order valence-corrected chi connectivity index (χ4v) is 3.25. The van der Waals surface area contributed by atoms with E-state index in [-0.39, 0.29) is 0 Å². The zero-order valence-electron chi connectivity index (χ0n) is 13.5. The molecule has 0 radical (unpaired) electrons. The SMILES string of the molecule is Cn1cc(-c2ccc(-c3cnc[nH]3)cc2)c2occ(-c3cnc[nH]3)c21. The first kappa shape index (κ1) is 13.9. The van der Waals surface area contributed by atoms with E-state index >= 15 is 0 Å². The number of rotatable bonds is 3. The monoisotopic (exact) mass is 329 g/mol. The van der Waals surface area contributed by atoms with Gasteiger partial charge < -0.3 is 19.0 Å². The first-order chi connectivity index (χ1) is 12.3. The molecule has 4 heterocycles. The normalized spacial score (nSPS) is 11.4. The number of furan rings is 1. The minimum atomic E-state index is 0.876. The van der Waals surface area contributed by atoms with Crippen molar-refractivity contribution in [2.75, 3.05) is 0 Å².